The lowest BCUT2D eigenvalue weighted by molar-refractivity contribution is 0.0304. The van der Waals surface area contributed by atoms with Crippen LogP contribution in [0.5, 0.6) is 0 Å². The van der Waals surface area contributed by atoms with Crippen molar-refractivity contribution in [3.63, 3.8) is 0 Å². The van der Waals surface area contributed by atoms with Crippen molar-refractivity contribution in [2.24, 2.45) is 0 Å². The van der Waals surface area contributed by atoms with Crippen molar-refractivity contribution in [1.82, 2.24) is 4.98 Å². The SMILES string of the molecule is Cc1sc(N2CC3CCC(C2)O3)nc1CO. The van der Waals surface area contributed by atoms with Crippen molar-refractivity contribution >= 4 is 16.5 Å². The molecule has 0 saturated carbocycles. The average Bonchev–Trinajstić information content (AvgIpc) is 2.82. The molecule has 2 bridgehead atoms. The minimum Gasteiger partial charge on any atom is -0.390 e. The maximum Gasteiger partial charge on any atom is 0.186 e. The Bertz CT molecular complexity index is 381. The number of morpholine rings is 1. The van der Waals surface area contributed by atoms with Gasteiger partial charge in [0.15, 0.2) is 5.13 Å². The molecule has 3 rings (SSSR count). The van der Waals surface area contributed by atoms with Crippen LogP contribution in [0.4, 0.5) is 5.13 Å². The third-order valence-corrected chi connectivity index (χ3v) is 4.42. The number of aliphatic hydroxyl groups is 1. The van der Waals surface area contributed by atoms with Gasteiger partial charge in [-0.05, 0) is 19.8 Å². The van der Waals surface area contributed by atoms with Gasteiger partial charge in [0.1, 0.15) is 0 Å². The molecule has 1 N–H and O–H groups in total. The number of ether oxygens (including phenoxy) is 1. The summed E-state index contributed by atoms with van der Waals surface area (Å²) in [5.41, 5.74) is 0.818. The molecule has 2 atom stereocenters. The van der Waals surface area contributed by atoms with Gasteiger partial charge in [-0.15, -0.1) is 11.3 Å². The van der Waals surface area contributed by atoms with Crippen LogP contribution in [0, 0.1) is 6.92 Å². The summed E-state index contributed by atoms with van der Waals surface area (Å²) in [7, 11) is 0. The summed E-state index contributed by atoms with van der Waals surface area (Å²) in [6, 6.07) is 0. The minimum absolute atomic E-state index is 0.0412. The van der Waals surface area contributed by atoms with Gasteiger partial charge in [0, 0.05) is 18.0 Å². The van der Waals surface area contributed by atoms with Crippen LogP contribution in [-0.4, -0.2) is 35.4 Å². The zero-order valence-electron chi connectivity index (χ0n) is 9.35. The van der Waals surface area contributed by atoms with E-state index in [2.05, 4.69) is 9.88 Å². The number of hydrogen-bond donors (Lipinski definition) is 1. The highest BCUT2D eigenvalue weighted by Gasteiger charge is 2.34. The summed E-state index contributed by atoms with van der Waals surface area (Å²) in [5, 5.41) is 10.2. The lowest BCUT2D eigenvalue weighted by atomic mass is 10.2. The van der Waals surface area contributed by atoms with E-state index in [9.17, 15) is 0 Å². The summed E-state index contributed by atoms with van der Waals surface area (Å²) in [6.07, 6.45) is 3.14. The molecule has 88 valence electrons. The van der Waals surface area contributed by atoms with E-state index in [1.165, 1.54) is 12.8 Å². The van der Waals surface area contributed by atoms with Crippen molar-refractivity contribution in [3.8, 4) is 0 Å². The van der Waals surface area contributed by atoms with E-state index in [4.69, 9.17) is 9.84 Å². The summed E-state index contributed by atoms with van der Waals surface area (Å²) in [5.74, 6) is 0. The minimum atomic E-state index is 0.0412. The Labute approximate surface area is 98.9 Å². The van der Waals surface area contributed by atoms with Crippen LogP contribution in [0.15, 0.2) is 0 Å². The number of nitrogens with zero attached hydrogens (tertiary/aromatic N) is 2. The maximum atomic E-state index is 9.15. The highest BCUT2D eigenvalue weighted by Crippen LogP contribution is 2.32. The Morgan fingerprint density at radius 1 is 1.44 bits per heavy atom. The fourth-order valence-corrected chi connectivity index (χ4v) is 3.40. The third-order valence-electron chi connectivity index (χ3n) is 3.35. The first-order valence-electron chi connectivity index (χ1n) is 5.74. The molecule has 0 spiro atoms. The van der Waals surface area contributed by atoms with E-state index >= 15 is 0 Å². The molecule has 0 aliphatic carbocycles. The third kappa shape index (κ3) is 1.73. The predicted molar refractivity (Wildman–Crippen MR) is 62.9 cm³/mol. The fraction of sp³-hybridized carbons (Fsp3) is 0.727. The molecule has 16 heavy (non-hydrogen) atoms. The zero-order valence-corrected chi connectivity index (χ0v) is 10.2. The molecule has 0 radical (unpaired) electrons. The maximum absolute atomic E-state index is 9.15. The number of aliphatic hydroxyl groups excluding tert-OH is 1. The first kappa shape index (κ1) is 10.5. The quantitative estimate of drug-likeness (QED) is 0.846. The Balaban J connectivity index is 1.81. The molecule has 1 aromatic rings. The van der Waals surface area contributed by atoms with E-state index in [1.54, 1.807) is 11.3 Å². The lowest BCUT2D eigenvalue weighted by Gasteiger charge is -2.31. The van der Waals surface area contributed by atoms with Crippen LogP contribution < -0.4 is 4.90 Å². The van der Waals surface area contributed by atoms with Gasteiger partial charge in [-0.2, -0.15) is 0 Å². The van der Waals surface area contributed by atoms with Gasteiger partial charge in [-0.3, -0.25) is 0 Å². The smallest absolute Gasteiger partial charge is 0.186 e. The molecule has 0 aromatic carbocycles. The van der Waals surface area contributed by atoms with Crippen LogP contribution >= 0.6 is 11.3 Å². The summed E-state index contributed by atoms with van der Waals surface area (Å²) < 4.78 is 5.80. The number of hydrogen-bond acceptors (Lipinski definition) is 5. The number of aryl methyl sites for hydroxylation is 1. The van der Waals surface area contributed by atoms with Gasteiger partial charge in [0.2, 0.25) is 0 Å². The highest BCUT2D eigenvalue weighted by molar-refractivity contribution is 7.15. The van der Waals surface area contributed by atoms with E-state index in [0.29, 0.717) is 12.2 Å². The first-order valence-corrected chi connectivity index (χ1v) is 6.55. The van der Waals surface area contributed by atoms with Gasteiger partial charge in [-0.25, -0.2) is 4.98 Å². The molecule has 2 saturated heterocycles. The van der Waals surface area contributed by atoms with Crippen molar-refractivity contribution in [1.29, 1.82) is 0 Å². The van der Waals surface area contributed by atoms with Crippen LogP contribution in [0.3, 0.4) is 0 Å². The second-order valence-electron chi connectivity index (χ2n) is 4.52. The summed E-state index contributed by atoms with van der Waals surface area (Å²) in [4.78, 5) is 7.92. The fourth-order valence-electron chi connectivity index (χ4n) is 2.47. The number of anilines is 1. The largest absolute Gasteiger partial charge is 0.390 e. The van der Waals surface area contributed by atoms with Crippen molar-refractivity contribution < 1.29 is 9.84 Å². The van der Waals surface area contributed by atoms with Gasteiger partial charge in [-0.1, -0.05) is 0 Å². The van der Waals surface area contributed by atoms with Gasteiger partial charge in [0.05, 0.1) is 24.5 Å². The van der Waals surface area contributed by atoms with E-state index in [0.717, 1.165) is 28.8 Å². The van der Waals surface area contributed by atoms with E-state index in [-0.39, 0.29) is 6.61 Å². The second kappa shape index (κ2) is 3.98. The topological polar surface area (TPSA) is 45.6 Å². The number of rotatable bonds is 2. The number of fused-ring (bicyclic) bond motifs is 2. The monoisotopic (exact) mass is 240 g/mol. The predicted octanol–water partition coefficient (Wildman–Crippen LogP) is 1.31. The molecule has 0 amide bonds. The van der Waals surface area contributed by atoms with Crippen molar-refractivity contribution in [2.75, 3.05) is 18.0 Å². The molecule has 2 unspecified atom stereocenters. The zero-order chi connectivity index (χ0) is 11.1. The Morgan fingerprint density at radius 2 is 2.12 bits per heavy atom. The molecule has 3 heterocycles. The Morgan fingerprint density at radius 3 is 2.69 bits per heavy atom. The van der Waals surface area contributed by atoms with Crippen LogP contribution in [0.2, 0.25) is 0 Å². The molecule has 2 aliphatic heterocycles. The van der Waals surface area contributed by atoms with Gasteiger partial charge >= 0.3 is 0 Å². The van der Waals surface area contributed by atoms with Crippen LogP contribution in [-0.2, 0) is 11.3 Å². The number of thiazole rings is 1. The van der Waals surface area contributed by atoms with E-state index < -0.39 is 0 Å². The molecule has 5 heteroatoms. The first-order chi connectivity index (χ1) is 7.76. The molecule has 2 fully saturated rings. The Kier molecular flexibility index (Phi) is 2.61. The van der Waals surface area contributed by atoms with Crippen LogP contribution in [0.25, 0.3) is 0 Å². The van der Waals surface area contributed by atoms with Crippen molar-refractivity contribution in [3.05, 3.63) is 10.6 Å². The van der Waals surface area contributed by atoms with Gasteiger partial charge in [0.25, 0.3) is 0 Å². The van der Waals surface area contributed by atoms with Crippen LogP contribution in [0.1, 0.15) is 23.4 Å². The molecular formula is C11H16N2O2S. The average molecular weight is 240 g/mol. The summed E-state index contributed by atoms with van der Waals surface area (Å²) >= 11 is 1.68. The van der Waals surface area contributed by atoms with Crippen molar-refractivity contribution in [2.45, 2.75) is 38.6 Å². The normalized spacial score (nSPS) is 28.8. The lowest BCUT2D eigenvalue weighted by Crippen LogP contribution is -2.42. The Hall–Kier alpha value is -0.650. The molecule has 4 nitrogen and oxygen atoms in total. The summed E-state index contributed by atoms with van der Waals surface area (Å²) in [6.45, 7) is 3.96. The number of aromatic nitrogens is 1. The van der Waals surface area contributed by atoms with Gasteiger partial charge < -0.3 is 14.7 Å². The standard InChI is InChI=1S/C11H16N2O2S/c1-7-10(6-14)12-11(16-7)13-4-8-2-3-9(5-13)15-8/h8-9,14H,2-6H2,1H3. The second-order valence-corrected chi connectivity index (χ2v) is 5.70. The van der Waals surface area contributed by atoms with E-state index in [1.807, 2.05) is 6.92 Å². The molecular weight excluding hydrogens is 224 g/mol. The highest BCUT2D eigenvalue weighted by atomic mass is 32.1. The molecule has 2 aliphatic rings. The molecule has 1 aromatic heterocycles.